The highest BCUT2D eigenvalue weighted by atomic mass is 32.1. The molecule has 0 amide bonds. The van der Waals surface area contributed by atoms with Crippen molar-refractivity contribution in [3.8, 4) is 11.5 Å². The summed E-state index contributed by atoms with van der Waals surface area (Å²) in [6, 6.07) is 10.0. The zero-order valence-electron chi connectivity index (χ0n) is 14.0. The first-order valence-corrected chi connectivity index (χ1v) is 8.55. The van der Waals surface area contributed by atoms with Crippen LogP contribution in [0, 0.1) is 0 Å². The highest BCUT2D eigenvalue weighted by molar-refractivity contribution is 7.09. The number of hydrogen-bond acceptors (Lipinski definition) is 5. The van der Waals surface area contributed by atoms with E-state index in [2.05, 4.69) is 27.8 Å². The topological polar surface area (TPSA) is 48.3 Å². The Kier molecular flexibility index (Phi) is 5.17. The van der Waals surface area contributed by atoms with E-state index in [1.807, 2.05) is 42.2 Å². The summed E-state index contributed by atoms with van der Waals surface area (Å²) in [5.74, 6) is 2.48. The van der Waals surface area contributed by atoms with Crippen LogP contribution in [0.5, 0.6) is 11.5 Å². The van der Waals surface area contributed by atoms with E-state index in [0.29, 0.717) is 0 Å². The third-order valence-corrected chi connectivity index (χ3v) is 4.76. The first-order chi connectivity index (χ1) is 11.7. The van der Waals surface area contributed by atoms with Gasteiger partial charge in [-0.3, -0.25) is 5.32 Å². The molecule has 1 aromatic carbocycles. The van der Waals surface area contributed by atoms with Crippen molar-refractivity contribution in [1.82, 2.24) is 14.9 Å². The standard InChI is InChI=1S/C18H21N3O2S/c1-21-7-6-19-18(21)17(20-12-16-5-4-8-24-16)13-9-14(22-2)11-15(10-13)23-3/h4-11,17,20H,12H2,1-3H3/t17-/m0/s1. The van der Waals surface area contributed by atoms with E-state index in [1.54, 1.807) is 25.6 Å². The predicted octanol–water partition coefficient (Wildman–Crippen LogP) is 3.38. The van der Waals surface area contributed by atoms with Crippen molar-refractivity contribution in [2.24, 2.45) is 7.05 Å². The fourth-order valence-corrected chi connectivity index (χ4v) is 3.28. The molecule has 0 fully saturated rings. The van der Waals surface area contributed by atoms with Crippen LogP contribution in [0.2, 0.25) is 0 Å². The summed E-state index contributed by atoms with van der Waals surface area (Å²) in [6.45, 7) is 0.773. The number of aromatic nitrogens is 2. The Balaban J connectivity index is 1.96. The Morgan fingerprint density at radius 2 is 1.96 bits per heavy atom. The van der Waals surface area contributed by atoms with Crippen LogP contribution in [0.1, 0.15) is 22.3 Å². The van der Waals surface area contributed by atoms with Crippen molar-refractivity contribution < 1.29 is 9.47 Å². The largest absolute Gasteiger partial charge is 0.497 e. The molecule has 0 saturated heterocycles. The zero-order valence-corrected chi connectivity index (χ0v) is 14.8. The van der Waals surface area contributed by atoms with Crippen molar-refractivity contribution in [2.75, 3.05) is 14.2 Å². The molecular formula is C18H21N3O2S. The van der Waals surface area contributed by atoms with Gasteiger partial charge in [-0.25, -0.2) is 4.98 Å². The average Bonchev–Trinajstić information content (AvgIpc) is 3.27. The SMILES string of the molecule is COc1cc(OC)cc([C@H](NCc2cccs2)c2nccn2C)c1. The highest BCUT2D eigenvalue weighted by Crippen LogP contribution is 2.29. The van der Waals surface area contributed by atoms with Crippen LogP contribution in [0.15, 0.2) is 48.1 Å². The molecule has 3 aromatic rings. The minimum absolute atomic E-state index is 0.0592. The molecule has 0 radical (unpaired) electrons. The minimum atomic E-state index is -0.0592. The average molecular weight is 343 g/mol. The van der Waals surface area contributed by atoms with E-state index >= 15 is 0 Å². The molecule has 0 saturated carbocycles. The van der Waals surface area contributed by atoms with Crippen LogP contribution in [0.25, 0.3) is 0 Å². The molecule has 1 atom stereocenters. The third kappa shape index (κ3) is 3.60. The molecule has 3 rings (SSSR count). The summed E-state index contributed by atoms with van der Waals surface area (Å²) in [5.41, 5.74) is 1.05. The van der Waals surface area contributed by atoms with Crippen LogP contribution in [0.3, 0.4) is 0 Å². The third-order valence-electron chi connectivity index (χ3n) is 3.88. The lowest BCUT2D eigenvalue weighted by molar-refractivity contribution is 0.392. The molecule has 0 aliphatic heterocycles. The zero-order chi connectivity index (χ0) is 16.9. The van der Waals surface area contributed by atoms with Gasteiger partial charge in [0, 0.05) is 36.9 Å². The van der Waals surface area contributed by atoms with E-state index in [9.17, 15) is 0 Å². The second-order valence-corrected chi connectivity index (χ2v) is 6.47. The summed E-state index contributed by atoms with van der Waals surface area (Å²) >= 11 is 1.74. The Bertz CT molecular complexity index is 761. The second kappa shape index (κ2) is 7.51. The van der Waals surface area contributed by atoms with E-state index in [0.717, 1.165) is 29.4 Å². The van der Waals surface area contributed by atoms with Crippen molar-refractivity contribution >= 4 is 11.3 Å². The molecule has 5 nitrogen and oxygen atoms in total. The lowest BCUT2D eigenvalue weighted by Gasteiger charge is -2.20. The van der Waals surface area contributed by atoms with E-state index in [4.69, 9.17) is 9.47 Å². The summed E-state index contributed by atoms with van der Waals surface area (Å²) in [7, 11) is 5.32. The van der Waals surface area contributed by atoms with Gasteiger partial charge in [0.2, 0.25) is 0 Å². The fraction of sp³-hybridized carbons (Fsp3) is 0.278. The Labute approximate surface area is 145 Å². The summed E-state index contributed by atoms with van der Waals surface area (Å²) in [4.78, 5) is 5.81. The van der Waals surface area contributed by atoms with Gasteiger partial charge in [0.05, 0.1) is 20.3 Å². The summed E-state index contributed by atoms with van der Waals surface area (Å²) in [6.07, 6.45) is 3.76. The normalized spacial score (nSPS) is 12.1. The van der Waals surface area contributed by atoms with Crippen molar-refractivity contribution in [3.63, 3.8) is 0 Å². The van der Waals surface area contributed by atoms with Gasteiger partial charge in [-0.1, -0.05) is 6.07 Å². The van der Waals surface area contributed by atoms with Crippen LogP contribution in [-0.2, 0) is 13.6 Å². The van der Waals surface area contributed by atoms with Crippen LogP contribution in [0.4, 0.5) is 0 Å². The first kappa shape index (κ1) is 16.5. The Hall–Kier alpha value is -2.31. The number of benzene rings is 1. The Morgan fingerprint density at radius 1 is 1.21 bits per heavy atom. The van der Waals surface area contributed by atoms with Crippen LogP contribution < -0.4 is 14.8 Å². The predicted molar refractivity (Wildman–Crippen MR) is 95.8 cm³/mol. The minimum Gasteiger partial charge on any atom is -0.497 e. The number of hydrogen-bond donors (Lipinski definition) is 1. The molecule has 24 heavy (non-hydrogen) atoms. The molecule has 0 unspecified atom stereocenters. The molecular weight excluding hydrogens is 322 g/mol. The van der Waals surface area contributed by atoms with Gasteiger partial charge in [0.25, 0.3) is 0 Å². The van der Waals surface area contributed by atoms with Crippen LogP contribution >= 0.6 is 11.3 Å². The number of imidazole rings is 1. The molecule has 2 aromatic heterocycles. The number of nitrogens with zero attached hydrogens (tertiary/aromatic N) is 2. The number of aryl methyl sites for hydroxylation is 1. The maximum absolute atomic E-state index is 5.41. The number of rotatable bonds is 7. The highest BCUT2D eigenvalue weighted by Gasteiger charge is 2.20. The molecule has 0 bridgehead atoms. The van der Waals surface area contributed by atoms with Crippen LogP contribution in [-0.4, -0.2) is 23.8 Å². The monoisotopic (exact) mass is 343 g/mol. The quantitative estimate of drug-likeness (QED) is 0.714. The molecule has 0 spiro atoms. The fourth-order valence-electron chi connectivity index (χ4n) is 2.63. The summed E-state index contributed by atoms with van der Waals surface area (Å²) < 4.78 is 12.9. The lowest BCUT2D eigenvalue weighted by atomic mass is 10.0. The number of thiophene rings is 1. The summed E-state index contributed by atoms with van der Waals surface area (Å²) in [5, 5.41) is 5.68. The van der Waals surface area contributed by atoms with Gasteiger partial charge >= 0.3 is 0 Å². The first-order valence-electron chi connectivity index (χ1n) is 7.67. The molecule has 2 heterocycles. The molecule has 1 N–H and O–H groups in total. The maximum Gasteiger partial charge on any atom is 0.130 e. The van der Waals surface area contributed by atoms with Crippen molar-refractivity contribution in [3.05, 3.63) is 64.4 Å². The van der Waals surface area contributed by atoms with Crippen molar-refractivity contribution in [1.29, 1.82) is 0 Å². The lowest BCUT2D eigenvalue weighted by Crippen LogP contribution is -2.24. The van der Waals surface area contributed by atoms with Gasteiger partial charge in [-0.2, -0.15) is 0 Å². The van der Waals surface area contributed by atoms with Crippen molar-refractivity contribution in [2.45, 2.75) is 12.6 Å². The van der Waals surface area contributed by atoms with E-state index in [-0.39, 0.29) is 6.04 Å². The molecule has 6 heteroatoms. The Morgan fingerprint density at radius 3 is 2.50 bits per heavy atom. The molecule has 0 aliphatic carbocycles. The van der Waals surface area contributed by atoms with Gasteiger partial charge in [0.1, 0.15) is 17.3 Å². The molecule has 0 aliphatic rings. The number of methoxy groups -OCH3 is 2. The van der Waals surface area contributed by atoms with Gasteiger partial charge < -0.3 is 14.0 Å². The number of ether oxygens (including phenoxy) is 2. The second-order valence-electron chi connectivity index (χ2n) is 5.44. The van der Waals surface area contributed by atoms with E-state index < -0.39 is 0 Å². The smallest absolute Gasteiger partial charge is 0.130 e. The van der Waals surface area contributed by atoms with Gasteiger partial charge in [-0.15, -0.1) is 11.3 Å². The van der Waals surface area contributed by atoms with E-state index in [1.165, 1.54) is 4.88 Å². The molecule has 126 valence electrons. The number of nitrogens with one attached hydrogen (secondary N) is 1. The van der Waals surface area contributed by atoms with Gasteiger partial charge in [-0.05, 0) is 29.1 Å². The van der Waals surface area contributed by atoms with Gasteiger partial charge in [0.15, 0.2) is 0 Å². The maximum atomic E-state index is 5.41.